The molecule has 1 N–H and O–H groups in total. The Kier molecular flexibility index (Phi) is 2.46. The Labute approximate surface area is 106 Å². The lowest BCUT2D eigenvalue weighted by atomic mass is 10.3. The zero-order valence-corrected chi connectivity index (χ0v) is 11.2. The van der Waals surface area contributed by atoms with E-state index in [-0.39, 0.29) is 11.1 Å². The molecule has 0 bridgehead atoms. The summed E-state index contributed by atoms with van der Waals surface area (Å²) in [5.74, 6) is 0.694. The first-order valence-corrected chi connectivity index (χ1v) is 7.44. The number of rotatable bonds is 3. The summed E-state index contributed by atoms with van der Waals surface area (Å²) < 4.78 is 29.0. The lowest BCUT2D eigenvalue weighted by molar-refractivity contribution is 0.578. The number of fused-ring (bicyclic) bond motifs is 1. The molecule has 6 heteroatoms. The van der Waals surface area contributed by atoms with Crippen molar-refractivity contribution < 1.29 is 8.42 Å². The minimum atomic E-state index is -3.50. The predicted molar refractivity (Wildman–Crippen MR) is 68.0 cm³/mol. The number of nitrogens with one attached hydrogen (secondary N) is 1. The van der Waals surface area contributed by atoms with Crippen molar-refractivity contribution in [1.82, 2.24) is 14.1 Å². The standard InChI is InChI=1S/C12H15N3O2S/c1-8-4-3-5-11-12(13-9(2)15(8)11)18(16,17)14-10-6-7-10/h3-5,10,14H,6-7H2,1-2H3. The average molecular weight is 265 g/mol. The van der Waals surface area contributed by atoms with Crippen LogP contribution in [0.25, 0.3) is 5.52 Å². The monoisotopic (exact) mass is 265 g/mol. The van der Waals surface area contributed by atoms with Crippen LogP contribution in [0.5, 0.6) is 0 Å². The molecule has 2 aromatic rings. The van der Waals surface area contributed by atoms with E-state index in [0.29, 0.717) is 11.3 Å². The molecular weight excluding hydrogens is 250 g/mol. The van der Waals surface area contributed by atoms with E-state index in [2.05, 4.69) is 9.71 Å². The number of hydrogen-bond donors (Lipinski definition) is 1. The third-order valence-electron chi connectivity index (χ3n) is 3.14. The molecule has 0 spiro atoms. The predicted octanol–water partition coefficient (Wildman–Crippen LogP) is 1.39. The third-order valence-corrected chi connectivity index (χ3v) is 4.60. The first-order valence-electron chi connectivity index (χ1n) is 5.96. The van der Waals surface area contributed by atoms with Gasteiger partial charge in [0.2, 0.25) is 0 Å². The Morgan fingerprint density at radius 2 is 2.06 bits per heavy atom. The summed E-state index contributed by atoms with van der Waals surface area (Å²) in [6.07, 6.45) is 1.84. The van der Waals surface area contributed by atoms with Crippen LogP contribution in [0.1, 0.15) is 24.4 Å². The molecule has 5 nitrogen and oxygen atoms in total. The van der Waals surface area contributed by atoms with Gasteiger partial charge >= 0.3 is 0 Å². The average Bonchev–Trinajstić information content (AvgIpc) is 3.01. The van der Waals surface area contributed by atoms with Gasteiger partial charge in [-0.2, -0.15) is 0 Å². The van der Waals surface area contributed by atoms with E-state index < -0.39 is 10.0 Å². The van der Waals surface area contributed by atoms with Crippen LogP contribution in [-0.2, 0) is 10.0 Å². The second kappa shape index (κ2) is 3.80. The second-order valence-corrected chi connectivity index (χ2v) is 6.38. The van der Waals surface area contributed by atoms with Gasteiger partial charge in [-0.3, -0.25) is 4.40 Å². The SMILES string of the molecule is Cc1cccc2c(S(=O)(=O)NC3CC3)nc(C)n12. The first kappa shape index (κ1) is 11.7. The number of imidazole rings is 1. The van der Waals surface area contributed by atoms with Crippen molar-refractivity contribution in [3.63, 3.8) is 0 Å². The highest BCUT2D eigenvalue weighted by molar-refractivity contribution is 7.89. The molecule has 18 heavy (non-hydrogen) atoms. The molecule has 2 aromatic heterocycles. The minimum Gasteiger partial charge on any atom is -0.300 e. The van der Waals surface area contributed by atoms with Crippen molar-refractivity contribution >= 4 is 15.5 Å². The van der Waals surface area contributed by atoms with E-state index in [4.69, 9.17) is 0 Å². The van der Waals surface area contributed by atoms with Crippen LogP contribution >= 0.6 is 0 Å². The molecule has 1 aliphatic carbocycles. The Bertz CT molecular complexity index is 714. The molecule has 0 atom stereocenters. The van der Waals surface area contributed by atoms with E-state index in [0.717, 1.165) is 18.5 Å². The maximum absolute atomic E-state index is 12.2. The molecule has 96 valence electrons. The Morgan fingerprint density at radius 1 is 1.33 bits per heavy atom. The van der Waals surface area contributed by atoms with Crippen molar-refractivity contribution in [2.75, 3.05) is 0 Å². The quantitative estimate of drug-likeness (QED) is 0.912. The van der Waals surface area contributed by atoms with Crippen LogP contribution in [0.3, 0.4) is 0 Å². The van der Waals surface area contributed by atoms with Gasteiger partial charge in [0.1, 0.15) is 5.82 Å². The van der Waals surface area contributed by atoms with Crippen LogP contribution in [0.2, 0.25) is 0 Å². The normalized spacial score (nSPS) is 16.3. The van der Waals surface area contributed by atoms with E-state index in [1.54, 1.807) is 6.07 Å². The van der Waals surface area contributed by atoms with Gasteiger partial charge < -0.3 is 0 Å². The summed E-state index contributed by atoms with van der Waals surface area (Å²) in [6.45, 7) is 3.75. The van der Waals surface area contributed by atoms with Crippen molar-refractivity contribution in [3.8, 4) is 0 Å². The molecule has 0 saturated heterocycles. The Morgan fingerprint density at radius 3 is 2.72 bits per heavy atom. The molecule has 1 fully saturated rings. The van der Waals surface area contributed by atoms with Crippen LogP contribution in [0, 0.1) is 13.8 Å². The third kappa shape index (κ3) is 1.81. The highest BCUT2D eigenvalue weighted by atomic mass is 32.2. The fraction of sp³-hybridized carbons (Fsp3) is 0.417. The summed E-state index contributed by atoms with van der Waals surface area (Å²) in [5, 5.41) is 0.135. The maximum Gasteiger partial charge on any atom is 0.260 e. The molecular formula is C12H15N3O2S. The Balaban J connectivity index is 2.20. The second-order valence-electron chi connectivity index (χ2n) is 4.75. The summed E-state index contributed by atoms with van der Waals surface area (Å²) in [6, 6.07) is 5.67. The van der Waals surface area contributed by atoms with Gasteiger partial charge in [-0.15, -0.1) is 0 Å². The first-order chi connectivity index (χ1) is 8.49. The molecule has 0 unspecified atom stereocenters. The van der Waals surface area contributed by atoms with Crippen molar-refractivity contribution in [3.05, 3.63) is 29.7 Å². The molecule has 1 aliphatic rings. The fourth-order valence-corrected chi connectivity index (χ4v) is 3.62. The minimum absolute atomic E-state index is 0.0943. The molecule has 0 amide bonds. The fourth-order valence-electron chi connectivity index (χ4n) is 2.14. The zero-order chi connectivity index (χ0) is 12.9. The van der Waals surface area contributed by atoms with Crippen molar-refractivity contribution in [2.45, 2.75) is 37.8 Å². The van der Waals surface area contributed by atoms with Crippen LogP contribution in [-0.4, -0.2) is 23.8 Å². The zero-order valence-electron chi connectivity index (χ0n) is 10.3. The van der Waals surface area contributed by atoms with Crippen LogP contribution < -0.4 is 4.72 Å². The Hall–Kier alpha value is -1.40. The van der Waals surface area contributed by atoms with Crippen molar-refractivity contribution in [1.29, 1.82) is 0 Å². The lowest BCUT2D eigenvalue weighted by Crippen LogP contribution is -2.26. The maximum atomic E-state index is 12.2. The van der Waals surface area contributed by atoms with Gasteiger partial charge in [0.05, 0.1) is 5.52 Å². The highest BCUT2D eigenvalue weighted by Gasteiger charge is 2.30. The summed E-state index contributed by atoms with van der Waals surface area (Å²) >= 11 is 0. The largest absolute Gasteiger partial charge is 0.300 e. The summed E-state index contributed by atoms with van der Waals surface area (Å²) in [4.78, 5) is 4.22. The number of aryl methyl sites for hydroxylation is 2. The smallest absolute Gasteiger partial charge is 0.260 e. The number of aromatic nitrogens is 2. The topological polar surface area (TPSA) is 63.5 Å². The van der Waals surface area contributed by atoms with Gasteiger partial charge in [0, 0.05) is 11.7 Å². The van der Waals surface area contributed by atoms with Crippen molar-refractivity contribution in [2.24, 2.45) is 0 Å². The number of pyridine rings is 1. The van der Waals surface area contributed by atoms with Crippen LogP contribution in [0.4, 0.5) is 0 Å². The molecule has 2 heterocycles. The highest BCUT2D eigenvalue weighted by Crippen LogP contribution is 2.24. The lowest BCUT2D eigenvalue weighted by Gasteiger charge is -2.04. The van der Waals surface area contributed by atoms with Crippen LogP contribution in [0.15, 0.2) is 23.2 Å². The van der Waals surface area contributed by atoms with Gasteiger partial charge in [-0.25, -0.2) is 18.1 Å². The molecule has 0 aliphatic heterocycles. The van der Waals surface area contributed by atoms with Gasteiger partial charge in [-0.05, 0) is 38.8 Å². The number of sulfonamides is 1. The molecule has 1 saturated carbocycles. The van der Waals surface area contributed by atoms with Gasteiger partial charge in [0.25, 0.3) is 10.0 Å². The summed E-state index contributed by atoms with van der Waals surface area (Å²) in [7, 11) is -3.50. The van der Waals surface area contributed by atoms with E-state index in [9.17, 15) is 8.42 Å². The van der Waals surface area contributed by atoms with Gasteiger partial charge in [0.15, 0.2) is 5.03 Å². The molecule has 3 rings (SSSR count). The van der Waals surface area contributed by atoms with E-state index >= 15 is 0 Å². The number of hydrogen-bond acceptors (Lipinski definition) is 3. The van der Waals surface area contributed by atoms with Gasteiger partial charge in [-0.1, -0.05) is 6.07 Å². The number of nitrogens with zero attached hydrogens (tertiary/aromatic N) is 2. The summed E-state index contributed by atoms with van der Waals surface area (Å²) in [5.41, 5.74) is 1.62. The van der Waals surface area contributed by atoms with E-state index in [1.807, 2.05) is 30.4 Å². The molecule has 0 aromatic carbocycles. The van der Waals surface area contributed by atoms with E-state index in [1.165, 1.54) is 0 Å². The molecule has 0 radical (unpaired) electrons.